The fraction of sp³-hybridized carbons (Fsp3) is 1.00. The van der Waals surface area contributed by atoms with E-state index in [9.17, 15) is 5.11 Å². The second-order valence-electron chi connectivity index (χ2n) is 5.11. The molecule has 0 heterocycles. The van der Waals surface area contributed by atoms with E-state index >= 15 is 0 Å². The third-order valence-electron chi connectivity index (χ3n) is 2.53. The van der Waals surface area contributed by atoms with Crippen molar-refractivity contribution >= 4 is 0 Å². The van der Waals surface area contributed by atoms with E-state index in [4.69, 9.17) is 10.5 Å². The maximum absolute atomic E-state index is 9.74. The zero-order valence-corrected chi connectivity index (χ0v) is 9.53. The molecule has 4 heteroatoms. The highest BCUT2D eigenvalue weighted by Gasteiger charge is 2.33. The monoisotopic (exact) mass is 202 g/mol. The van der Waals surface area contributed by atoms with Crippen LogP contribution in [0.15, 0.2) is 0 Å². The molecule has 1 saturated carbocycles. The summed E-state index contributed by atoms with van der Waals surface area (Å²) in [6.45, 7) is 5.78. The summed E-state index contributed by atoms with van der Waals surface area (Å²) >= 11 is 0. The first-order valence-electron chi connectivity index (χ1n) is 5.13. The number of ether oxygens (including phenoxy) is 1. The molecular weight excluding hydrogens is 180 g/mol. The molecule has 1 aliphatic rings. The van der Waals surface area contributed by atoms with Crippen LogP contribution in [0.2, 0.25) is 0 Å². The number of aliphatic hydroxyl groups excluding tert-OH is 1. The lowest BCUT2D eigenvalue weighted by Gasteiger charge is -2.42. The van der Waals surface area contributed by atoms with Gasteiger partial charge in [0, 0.05) is 12.1 Å². The Morgan fingerprint density at radius 3 is 2.29 bits per heavy atom. The summed E-state index contributed by atoms with van der Waals surface area (Å²) in [6.07, 6.45) is 1.06. The van der Waals surface area contributed by atoms with E-state index in [0.29, 0.717) is 12.1 Å². The lowest BCUT2D eigenvalue weighted by Crippen LogP contribution is -2.54. The minimum atomic E-state index is -0.826. The van der Waals surface area contributed by atoms with Crippen LogP contribution in [0, 0.1) is 0 Å². The number of rotatable bonds is 3. The van der Waals surface area contributed by atoms with Crippen molar-refractivity contribution < 1.29 is 9.84 Å². The molecule has 3 N–H and O–H groups in total. The quantitative estimate of drug-likeness (QED) is 0.654. The van der Waals surface area contributed by atoms with E-state index in [1.807, 2.05) is 32.7 Å². The molecule has 0 aromatic rings. The highest BCUT2D eigenvalue weighted by Crippen LogP contribution is 2.25. The van der Waals surface area contributed by atoms with Crippen LogP contribution < -0.4 is 5.73 Å². The molecule has 0 aromatic carbocycles. The first-order chi connectivity index (χ1) is 6.29. The van der Waals surface area contributed by atoms with Crippen molar-refractivity contribution in [2.24, 2.45) is 5.73 Å². The summed E-state index contributed by atoms with van der Waals surface area (Å²) < 4.78 is 5.43. The highest BCUT2D eigenvalue weighted by atomic mass is 16.6. The Hall–Kier alpha value is -0.160. The molecule has 0 bridgehead atoms. The number of hydrogen-bond acceptors (Lipinski definition) is 4. The average Bonchev–Trinajstić information content (AvgIpc) is 1.94. The van der Waals surface area contributed by atoms with Gasteiger partial charge in [0.25, 0.3) is 0 Å². The summed E-state index contributed by atoms with van der Waals surface area (Å²) in [5.41, 5.74) is 5.37. The zero-order chi connectivity index (χ0) is 10.9. The SMILES string of the molecule is CN(C1CC(N)C1)C(O)OC(C)(C)C. The van der Waals surface area contributed by atoms with Gasteiger partial charge in [-0.25, -0.2) is 0 Å². The largest absolute Gasteiger partial charge is 0.356 e. The van der Waals surface area contributed by atoms with Crippen molar-refractivity contribution in [3.8, 4) is 0 Å². The van der Waals surface area contributed by atoms with E-state index < -0.39 is 6.41 Å². The number of hydrogen-bond donors (Lipinski definition) is 2. The number of aliphatic hydroxyl groups is 1. The van der Waals surface area contributed by atoms with Gasteiger partial charge in [0.05, 0.1) is 5.60 Å². The molecule has 1 unspecified atom stereocenters. The highest BCUT2D eigenvalue weighted by molar-refractivity contribution is 4.88. The molecule has 1 rings (SSSR count). The molecule has 1 fully saturated rings. The molecule has 84 valence electrons. The normalized spacial score (nSPS) is 30.2. The van der Waals surface area contributed by atoms with Crippen LogP contribution in [0.4, 0.5) is 0 Å². The van der Waals surface area contributed by atoms with Gasteiger partial charge in [-0.1, -0.05) is 0 Å². The van der Waals surface area contributed by atoms with Gasteiger partial charge in [-0.15, -0.1) is 0 Å². The molecule has 1 aliphatic carbocycles. The molecule has 0 aromatic heterocycles. The topological polar surface area (TPSA) is 58.7 Å². The van der Waals surface area contributed by atoms with Crippen molar-refractivity contribution in [2.45, 2.75) is 57.7 Å². The van der Waals surface area contributed by atoms with Crippen molar-refractivity contribution in [1.82, 2.24) is 4.90 Å². The van der Waals surface area contributed by atoms with Crippen molar-refractivity contribution in [1.29, 1.82) is 0 Å². The average molecular weight is 202 g/mol. The summed E-state index contributed by atoms with van der Waals surface area (Å²) in [6, 6.07) is 0.659. The van der Waals surface area contributed by atoms with Crippen LogP contribution in [0.3, 0.4) is 0 Å². The zero-order valence-electron chi connectivity index (χ0n) is 9.53. The third kappa shape index (κ3) is 3.20. The van der Waals surface area contributed by atoms with Crippen LogP contribution in [-0.2, 0) is 4.74 Å². The Labute approximate surface area is 86.0 Å². The predicted molar refractivity (Wildman–Crippen MR) is 55.6 cm³/mol. The summed E-state index contributed by atoms with van der Waals surface area (Å²) in [5, 5.41) is 9.74. The fourth-order valence-corrected chi connectivity index (χ4v) is 1.54. The van der Waals surface area contributed by atoms with Crippen molar-refractivity contribution in [2.75, 3.05) is 7.05 Å². The van der Waals surface area contributed by atoms with Gasteiger partial charge < -0.3 is 15.6 Å². The second-order valence-corrected chi connectivity index (χ2v) is 5.11. The van der Waals surface area contributed by atoms with Crippen LogP contribution in [0.25, 0.3) is 0 Å². The van der Waals surface area contributed by atoms with E-state index in [-0.39, 0.29) is 5.60 Å². The maximum Gasteiger partial charge on any atom is 0.216 e. The molecule has 0 spiro atoms. The molecule has 0 saturated heterocycles. The Morgan fingerprint density at radius 1 is 1.43 bits per heavy atom. The van der Waals surface area contributed by atoms with Gasteiger partial charge >= 0.3 is 0 Å². The van der Waals surface area contributed by atoms with Gasteiger partial charge in [-0.2, -0.15) is 0 Å². The predicted octanol–water partition coefficient (Wildman–Crippen LogP) is 0.499. The Balaban J connectivity index is 2.33. The fourth-order valence-electron chi connectivity index (χ4n) is 1.54. The van der Waals surface area contributed by atoms with Crippen LogP contribution in [-0.4, -0.2) is 41.2 Å². The second kappa shape index (κ2) is 4.14. The molecule has 14 heavy (non-hydrogen) atoms. The smallest absolute Gasteiger partial charge is 0.216 e. The van der Waals surface area contributed by atoms with E-state index in [0.717, 1.165) is 12.8 Å². The molecular formula is C10H22N2O2. The van der Waals surface area contributed by atoms with Gasteiger partial charge in [-0.3, -0.25) is 4.90 Å². The lowest BCUT2D eigenvalue weighted by atomic mass is 9.87. The standard InChI is InChI=1S/C10H22N2O2/c1-10(2,3)14-9(13)12(4)8-5-7(11)6-8/h7-9,13H,5-6,11H2,1-4H3. The van der Waals surface area contributed by atoms with Crippen LogP contribution in [0.5, 0.6) is 0 Å². The Morgan fingerprint density at radius 2 is 1.93 bits per heavy atom. The molecule has 1 atom stereocenters. The van der Waals surface area contributed by atoms with Gasteiger partial charge in [0.1, 0.15) is 0 Å². The van der Waals surface area contributed by atoms with E-state index in [1.54, 1.807) is 0 Å². The Kier molecular flexibility index (Phi) is 3.53. The minimum Gasteiger partial charge on any atom is -0.356 e. The molecule has 0 amide bonds. The van der Waals surface area contributed by atoms with Crippen molar-refractivity contribution in [3.63, 3.8) is 0 Å². The van der Waals surface area contributed by atoms with Gasteiger partial charge in [-0.05, 0) is 40.7 Å². The van der Waals surface area contributed by atoms with E-state index in [2.05, 4.69) is 0 Å². The third-order valence-corrected chi connectivity index (χ3v) is 2.53. The first-order valence-corrected chi connectivity index (χ1v) is 5.13. The number of nitrogens with two attached hydrogens (primary N) is 1. The first kappa shape index (κ1) is 11.9. The van der Waals surface area contributed by atoms with Crippen LogP contribution >= 0.6 is 0 Å². The summed E-state index contributed by atoms with van der Waals surface area (Å²) in [5.74, 6) is 0. The van der Waals surface area contributed by atoms with E-state index in [1.165, 1.54) is 0 Å². The van der Waals surface area contributed by atoms with Gasteiger partial charge in [0.15, 0.2) is 0 Å². The molecule has 4 nitrogen and oxygen atoms in total. The molecule has 0 aliphatic heterocycles. The molecule has 0 radical (unpaired) electrons. The Bertz CT molecular complexity index is 185. The maximum atomic E-state index is 9.74. The summed E-state index contributed by atoms with van der Waals surface area (Å²) in [4.78, 5) is 1.84. The summed E-state index contributed by atoms with van der Waals surface area (Å²) in [7, 11) is 1.87. The number of nitrogens with zero attached hydrogens (tertiary/aromatic N) is 1. The lowest BCUT2D eigenvalue weighted by molar-refractivity contribution is -0.247. The van der Waals surface area contributed by atoms with Crippen LogP contribution in [0.1, 0.15) is 33.6 Å². The van der Waals surface area contributed by atoms with Crippen molar-refractivity contribution in [3.05, 3.63) is 0 Å². The minimum absolute atomic E-state index is 0.296. The van der Waals surface area contributed by atoms with Gasteiger partial charge in [0.2, 0.25) is 6.41 Å².